The predicted octanol–water partition coefficient (Wildman–Crippen LogP) is 0.228. The molecule has 1 heterocycles. The molecule has 2 rings (SSSR count). The summed E-state index contributed by atoms with van der Waals surface area (Å²) in [4.78, 5) is 6.58. The molecule has 1 fully saturated rings. The van der Waals surface area contributed by atoms with E-state index in [4.69, 9.17) is 4.74 Å². The van der Waals surface area contributed by atoms with Crippen molar-refractivity contribution >= 4 is 15.8 Å². The van der Waals surface area contributed by atoms with Crippen LogP contribution in [0.25, 0.3) is 0 Å². The molecule has 8 heteroatoms. The van der Waals surface area contributed by atoms with Gasteiger partial charge in [-0.15, -0.1) is 0 Å². The summed E-state index contributed by atoms with van der Waals surface area (Å²) in [5.74, 6) is 0.760. The highest BCUT2D eigenvalue weighted by molar-refractivity contribution is 7.89. The summed E-state index contributed by atoms with van der Waals surface area (Å²) in [5.41, 5.74) is 1.78. The Balaban J connectivity index is 1.82. The first-order valence-electron chi connectivity index (χ1n) is 8.47. The van der Waals surface area contributed by atoms with Crippen LogP contribution in [0.4, 0.5) is 0 Å². The number of benzene rings is 1. The summed E-state index contributed by atoms with van der Waals surface area (Å²) in [7, 11) is -1.33. The maximum absolute atomic E-state index is 11.6. The molecule has 0 bridgehead atoms. The fourth-order valence-corrected chi connectivity index (χ4v) is 3.56. The summed E-state index contributed by atoms with van der Waals surface area (Å²) < 4.78 is 28.5. The number of aliphatic imine (C=N–C) groups is 1. The molecule has 0 aliphatic carbocycles. The highest BCUT2D eigenvalue weighted by Gasteiger charge is 2.11. The van der Waals surface area contributed by atoms with E-state index in [1.165, 1.54) is 6.26 Å². The molecule has 1 aliphatic heterocycles. The molecule has 0 atom stereocenters. The minimum absolute atomic E-state index is 0.0495. The van der Waals surface area contributed by atoms with Crippen LogP contribution < -0.4 is 10.6 Å². The Hall–Kier alpha value is -1.64. The molecular weight excluding hydrogens is 340 g/mol. The Labute approximate surface area is 150 Å². The first-order chi connectivity index (χ1) is 12.0. The van der Waals surface area contributed by atoms with E-state index >= 15 is 0 Å². The van der Waals surface area contributed by atoms with Gasteiger partial charge in [-0.3, -0.25) is 9.89 Å². The van der Waals surface area contributed by atoms with E-state index in [0.717, 1.165) is 50.5 Å². The van der Waals surface area contributed by atoms with Gasteiger partial charge in [0.05, 0.1) is 19.0 Å². The Bertz CT molecular complexity index is 670. The van der Waals surface area contributed by atoms with Crippen LogP contribution in [0.1, 0.15) is 11.1 Å². The normalized spacial score (nSPS) is 16.6. The van der Waals surface area contributed by atoms with Crippen molar-refractivity contribution < 1.29 is 13.2 Å². The van der Waals surface area contributed by atoms with Crippen LogP contribution >= 0.6 is 0 Å². The lowest BCUT2D eigenvalue weighted by Crippen LogP contribution is -2.44. The predicted molar refractivity (Wildman–Crippen MR) is 100 cm³/mol. The number of nitrogens with one attached hydrogen (secondary N) is 2. The quantitative estimate of drug-likeness (QED) is 0.530. The summed E-state index contributed by atoms with van der Waals surface area (Å²) >= 11 is 0. The minimum Gasteiger partial charge on any atom is -0.379 e. The van der Waals surface area contributed by atoms with Crippen LogP contribution in [-0.2, 0) is 26.9 Å². The van der Waals surface area contributed by atoms with E-state index in [0.29, 0.717) is 12.5 Å². The number of nitrogens with zero attached hydrogens (tertiary/aromatic N) is 2. The Morgan fingerprint density at radius 3 is 2.52 bits per heavy atom. The first-order valence-corrected chi connectivity index (χ1v) is 10.5. The number of ether oxygens (including phenoxy) is 1. The summed E-state index contributed by atoms with van der Waals surface area (Å²) in [5, 5.41) is 6.54. The van der Waals surface area contributed by atoms with Crippen LogP contribution in [0.2, 0.25) is 0 Å². The average Bonchev–Trinajstić information content (AvgIpc) is 2.58. The lowest BCUT2D eigenvalue weighted by molar-refractivity contribution is 0.0389. The van der Waals surface area contributed by atoms with Gasteiger partial charge in [0.15, 0.2) is 15.8 Å². The van der Waals surface area contributed by atoms with Gasteiger partial charge >= 0.3 is 0 Å². The van der Waals surface area contributed by atoms with Crippen molar-refractivity contribution in [1.82, 2.24) is 15.5 Å². The molecule has 0 saturated carbocycles. The number of rotatable bonds is 7. The molecule has 140 valence electrons. The van der Waals surface area contributed by atoms with E-state index in [1.54, 1.807) is 7.05 Å². The van der Waals surface area contributed by atoms with Gasteiger partial charge in [0.1, 0.15) is 0 Å². The molecule has 0 aromatic heterocycles. The van der Waals surface area contributed by atoms with E-state index in [9.17, 15) is 8.42 Å². The largest absolute Gasteiger partial charge is 0.379 e. The monoisotopic (exact) mass is 368 g/mol. The zero-order valence-corrected chi connectivity index (χ0v) is 15.8. The lowest BCUT2D eigenvalue weighted by Gasteiger charge is -2.26. The number of guanidine groups is 1. The summed E-state index contributed by atoms with van der Waals surface area (Å²) in [6.07, 6.45) is 1.25. The zero-order valence-electron chi connectivity index (χ0n) is 15.0. The van der Waals surface area contributed by atoms with Crippen LogP contribution in [0.5, 0.6) is 0 Å². The highest BCUT2D eigenvalue weighted by atomic mass is 32.2. The Morgan fingerprint density at radius 2 is 1.88 bits per heavy atom. The maximum atomic E-state index is 11.6. The topological polar surface area (TPSA) is 83.0 Å². The van der Waals surface area contributed by atoms with E-state index in [2.05, 4.69) is 20.5 Å². The van der Waals surface area contributed by atoms with E-state index in [-0.39, 0.29) is 5.75 Å². The van der Waals surface area contributed by atoms with Crippen molar-refractivity contribution in [3.05, 3.63) is 35.4 Å². The second-order valence-electron chi connectivity index (χ2n) is 6.15. The van der Waals surface area contributed by atoms with Gasteiger partial charge in [-0.05, 0) is 11.1 Å². The van der Waals surface area contributed by atoms with Crippen LogP contribution in [0.3, 0.4) is 0 Å². The van der Waals surface area contributed by atoms with Crippen LogP contribution in [0.15, 0.2) is 29.3 Å². The zero-order chi connectivity index (χ0) is 18.1. The smallest absolute Gasteiger partial charge is 0.191 e. The number of morpholine rings is 1. The van der Waals surface area contributed by atoms with Crippen LogP contribution in [-0.4, -0.2) is 72.0 Å². The van der Waals surface area contributed by atoms with Gasteiger partial charge in [-0.2, -0.15) is 0 Å². The third kappa shape index (κ3) is 7.41. The third-order valence-corrected chi connectivity index (χ3v) is 4.87. The Morgan fingerprint density at radius 1 is 1.20 bits per heavy atom. The highest BCUT2D eigenvalue weighted by Crippen LogP contribution is 2.12. The van der Waals surface area contributed by atoms with Crippen LogP contribution in [0, 0.1) is 0 Å². The van der Waals surface area contributed by atoms with Crippen molar-refractivity contribution in [3.8, 4) is 0 Å². The molecule has 0 radical (unpaired) electrons. The summed E-state index contributed by atoms with van der Waals surface area (Å²) in [6, 6.07) is 7.57. The molecular formula is C17H28N4O3S. The molecule has 0 unspecified atom stereocenters. The molecule has 0 spiro atoms. The molecule has 1 saturated heterocycles. The number of hydrogen-bond donors (Lipinski definition) is 2. The molecule has 2 N–H and O–H groups in total. The van der Waals surface area contributed by atoms with Gasteiger partial charge in [0, 0.05) is 46.0 Å². The van der Waals surface area contributed by atoms with Gasteiger partial charge < -0.3 is 15.4 Å². The third-order valence-electron chi connectivity index (χ3n) is 4.03. The van der Waals surface area contributed by atoms with Crippen molar-refractivity contribution in [3.63, 3.8) is 0 Å². The van der Waals surface area contributed by atoms with Gasteiger partial charge in [-0.1, -0.05) is 24.3 Å². The fourth-order valence-electron chi connectivity index (χ4n) is 2.71. The maximum Gasteiger partial charge on any atom is 0.191 e. The molecule has 25 heavy (non-hydrogen) atoms. The number of sulfone groups is 1. The van der Waals surface area contributed by atoms with E-state index in [1.807, 2.05) is 24.3 Å². The van der Waals surface area contributed by atoms with Crippen molar-refractivity contribution in [1.29, 1.82) is 0 Å². The second kappa shape index (κ2) is 9.74. The van der Waals surface area contributed by atoms with Gasteiger partial charge in [-0.25, -0.2) is 8.42 Å². The average molecular weight is 369 g/mol. The summed E-state index contributed by atoms with van der Waals surface area (Å²) in [6.45, 7) is 5.79. The molecule has 1 aromatic rings. The minimum atomic E-state index is -3.06. The molecule has 1 aromatic carbocycles. The van der Waals surface area contributed by atoms with Crippen molar-refractivity contribution in [2.45, 2.75) is 12.3 Å². The Kier molecular flexibility index (Phi) is 7.67. The van der Waals surface area contributed by atoms with Gasteiger partial charge in [0.2, 0.25) is 0 Å². The number of hydrogen-bond acceptors (Lipinski definition) is 5. The first kappa shape index (κ1) is 19.7. The fraction of sp³-hybridized carbons (Fsp3) is 0.588. The molecule has 0 amide bonds. The molecule has 1 aliphatic rings. The lowest BCUT2D eigenvalue weighted by atomic mass is 10.1. The second-order valence-corrected chi connectivity index (χ2v) is 8.29. The van der Waals surface area contributed by atoms with Crippen molar-refractivity contribution in [2.75, 3.05) is 52.7 Å². The van der Waals surface area contributed by atoms with Crippen molar-refractivity contribution in [2.24, 2.45) is 4.99 Å². The van der Waals surface area contributed by atoms with E-state index < -0.39 is 9.84 Å². The SMILES string of the molecule is CN=C(NCCN1CCOCC1)NCc1ccccc1CS(C)(=O)=O. The van der Waals surface area contributed by atoms with Gasteiger partial charge in [0.25, 0.3) is 0 Å². The molecule has 7 nitrogen and oxygen atoms in total. The standard InChI is InChI=1S/C17H28N4O3S/c1-18-17(19-7-8-21-9-11-24-12-10-21)20-13-15-5-3-4-6-16(15)14-25(2,22)23/h3-6H,7-14H2,1-2H3,(H2,18,19,20).